The number of nitrogens with zero attached hydrogens (tertiary/aromatic N) is 2. The first-order chi connectivity index (χ1) is 7.95. The number of hydrogen-bond donors (Lipinski definition) is 1. The van der Waals surface area contributed by atoms with E-state index in [0.717, 1.165) is 19.3 Å². The second-order valence-corrected chi connectivity index (χ2v) is 6.47. The van der Waals surface area contributed by atoms with Crippen LogP contribution < -0.4 is 5.73 Å². The lowest BCUT2D eigenvalue weighted by atomic mass is 10.1. The molecule has 0 spiro atoms. The zero-order chi connectivity index (χ0) is 13.1. The van der Waals surface area contributed by atoms with E-state index in [2.05, 4.69) is 0 Å². The molecule has 0 aliphatic carbocycles. The Morgan fingerprint density at radius 1 is 1.41 bits per heavy atom. The van der Waals surface area contributed by atoms with Crippen molar-refractivity contribution >= 4 is 27.4 Å². The lowest BCUT2D eigenvalue weighted by Crippen LogP contribution is -2.54. The molecule has 1 atom stereocenters. The van der Waals surface area contributed by atoms with Crippen LogP contribution in [-0.4, -0.2) is 47.7 Å². The first-order valence-corrected chi connectivity index (χ1v) is 7.81. The molecule has 1 aliphatic rings. The summed E-state index contributed by atoms with van der Waals surface area (Å²) in [5, 5.41) is 0. The Kier molecular flexibility index (Phi) is 5.30. The fourth-order valence-electron chi connectivity index (χ4n) is 2.16. The van der Waals surface area contributed by atoms with Gasteiger partial charge in [0, 0.05) is 19.6 Å². The third kappa shape index (κ3) is 3.15. The van der Waals surface area contributed by atoms with Gasteiger partial charge in [0.2, 0.25) is 0 Å². The summed E-state index contributed by atoms with van der Waals surface area (Å²) >= 11 is 4.97. The molecule has 1 rings (SSSR count). The topological polar surface area (TPSA) is 66.6 Å². The summed E-state index contributed by atoms with van der Waals surface area (Å²) in [6, 6.07) is -0.315. The monoisotopic (exact) mass is 279 g/mol. The molecule has 0 aromatic rings. The van der Waals surface area contributed by atoms with Gasteiger partial charge < -0.3 is 5.73 Å². The molecular formula is C10H21N3O2S2. The van der Waals surface area contributed by atoms with Crippen molar-refractivity contribution < 1.29 is 8.42 Å². The molecule has 1 fully saturated rings. The van der Waals surface area contributed by atoms with Crippen molar-refractivity contribution in [3.63, 3.8) is 0 Å². The fraction of sp³-hybridized carbons (Fsp3) is 0.900. The number of piperidine rings is 1. The van der Waals surface area contributed by atoms with Gasteiger partial charge in [0.05, 0.1) is 11.0 Å². The van der Waals surface area contributed by atoms with Gasteiger partial charge in [-0.05, 0) is 12.8 Å². The third-order valence-corrected chi connectivity index (χ3v) is 5.58. The van der Waals surface area contributed by atoms with Crippen molar-refractivity contribution in [2.24, 2.45) is 5.73 Å². The van der Waals surface area contributed by atoms with Crippen molar-refractivity contribution in [1.82, 2.24) is 8.61 Å². The van der Waals surface area contributed by atoms with Gasteiger partial charge in [-0.2, -0.15) is 17.0 Å². The summed E-state index contributed by atoms with van der Waals surface area (Å²) in [5.41, 5.74) is 5.64. The molecule has 0 saturated carbocycles. The van der Waals surface area contributed by atoms with Crippen LogP contribution in [0.15, 0.2) is 0 Å². The Bertz CT molecular complexity index is 366. The quantitative estimate of drug-likeness (QED) is 0.753. The molecule has 5 nitrogen and oxygen atoms in total. The zero-order valence-electron chi connectivity index (χ0n) is 10.4. The van der Waals surface area contributed by atoms with Crippen LogP contribution in [-0.2, 0) is 10.2 Å². The summed E-state index contributed by atoms with van der Waals surface area (Å²) in [6.45, 7) is 5.13. The molecule has 2 N–H and O–H groups in total. The van der Waals surface area contributed by atoms with E-state index < -0.39 is 10.2 Å². The largest absolute Gasteiger partial charge is 0.392 e. The van der Waals surface area contributed by atoms with E-state index in [0.29, 0.717) is 19.6 Å². The molecule has 0 amide bonds. The van der Waals surface area contributed by atoms with E-state index in [4.69, 9.17) is 18.0 Å². The van der Waals surface area contributed by atoms with Gasteiger partial charge in [0.15, 0.2) is 0 Å². The average molecular weight is 279 g/mol. The van der Waals surface area contributed by atoms with Crippen molar-refractivity contribution in [3.8, 4) is 0 Å². The number of nitrogens with two attached hydrogens (primary N) is 1. The Morgan fingerprint density at radius 3 is 2.47 bits per heavy atom. The van der Waals surface area contributed by atoms with E-state index >= 15 is 0 Å². The van der Waals surface area contributed by atoms with E-state index in [1.807, 2.05) is 13.8 Å². The second-order valence-electron chi connectivity index (χ2n) is 4.12. The molecule has 0 bridgehead atoms. The summed E-state index contributed by atoms with van der Waals surface area (Å²) in [6.07, 6.45) is 2.59. The Hall–Kier alpha value is -0.240. The standard InChI is InChI=1S/C10H21N3O2S2/c1-3-12(4-2)17(14,15)13-8-6-5-7-9(13)10(11)16/h9H,3-8H2,1-2H3,(H2,11,16). The molecule has 100 valence electrons. The van der Waals surface area contributed by atoms with Crippen molar-refractivity contribution in [2.75, 3.05) is 19.6 Å². The Balaban J connectivity index is 2.98. The zero-order valence-corrected chi connectivity index (χ0v) is 12.1. The molecule has 0 radical (unpaired) electrons. The van der Waals surface area contributed by atoms with Crippen LogP contribution in [0.1, 0.15) is 33.1 Å². The average Bonchev–Trinajstić information content (AvgIpc) is 2.30. The highest BCUT2D eigenvalue weighted by atomic mass is 32.2. The molecule has 1 saturated heterocycles. The minimum Gasteiger partial charge on any atom is -0.392 e. The predicted octanol–water partition coefficient (Wildman–Crippen LogP) is 0.714. The first-order valence-electron chi connectivity index (χ1n) is 6.01. The molecule has 1 aliphatic heterocycles. The molecule has 1 heterocycles. The maximum atomic E-state index is 12.4. The van der Waals surface area contributed by atoms with Crippen LogP contribution in [0.5, 0.6) is 0 Å². The molecule has 0 aromatic carbocycles. The van der Waals surface area contributed by atoms with E-state index in [1.54, 1.807) is 0 Å². The molecular weight excluding hydrogens is 258 g/mol. The van der Waals surface area contributed by atoms with Crippen LogP contribution in [0.4, 0.5) is 0 Å². The van der Waals surface area contributed by atoms with Crippen LogP contribution >= 0.6 is 12.2 Å². The highest BCUT2D eigenvalue weighted by molar-refractivity contribution is 7.87. The minimum atomic E-state index is -3.42. The van der Waals surface area contributed by atoms with E-state index in [-0.39, 0.29) is 11.0 Å². The maximum absolute atomic E-state index is 12.4. The molecule has 0 aromatic heterocycles. The van der Waals surface area contributed by atoms with Crippen molar-refractivity contribution in [1.29, 1.82) is 0 Å². The lowest BCUT2D eigenvalue weighted by molar-refractivity contribution is 0.278. The summed E-state index contributed by atoms with van der Waals surface area (Å²) < 4.78 is 27.7. The number of thiocarbonyl (C=S) groups is 1. The molecule has 1 unspecified atom stereocenters. The SMILES string of the molecule is CCN(CC)S(=O)(=O)N1CCCCC1C(N)=S. The first kappa shape index (κ1) is 14.8. The number of rotatable bonds is 5. The summed E-state index contributed by atoms with van der Waals surface area (Å²) in [4.78, 5) is 0.278. The highest BCUT2D eigenvalue weighted by Crippen LogP contribution is 2.22. The summed E-state index contributed by atoms with van der Waals surface area (Å²) in [5.74, 6) is 0. The highest BCUT2D eigenvalue weighted by Gasteiger charge is 2.36. The van der Waals surface area contributed by atoms with Gasteiger partial charge in [-0.25, -0.2) is 0 Å². The second kappa shape index (κ2) is 6.08. The summed E-state index contributed by atoms with van der Waals surface area (Å²) in [7, 11) is -3.42. The van der Waals surface area contributed by atoms with Gasteiger partial charge in [0.1, 0.15) is 0 Å². The molecule has 7 heteroatoms. The lowest BCUT2D eigenvalue weighted by Gasteiger charge is -2.36. The van der Waals surface area contributed by atoms with E-state index in [1.165, 1.54) is 8.61 Å². The van der Waals surface area contributed by atoms with Crippen molar-refractivity contribution in [2.45, 2.75) is 39.2 Å². The Morgan fingerprint density at radius 2 is 2.00 bits per heavy atom. The fourth-order valence-corrected chi connectivity index (χ4v) is 4.33. The van der Waals surface area contributed by atoms with Gasteiger partial charge in [-0.1, -0.05) is 32.5 Å². The van der Waals surface area contributed by atoms with Gasteiger partial charge in [-0.15, -0.1) is 0 Å². The third-order valence-electron chi connectivity index (χ3n) is 3.11. The van der Waals surface area contributed by atoms with Crippen LogP contribution in [0.3, 0.4) is 0 Å². The number of hydrogen-bond acceptors (Lipinski definition) is 3. The normalized spacial score (nSPS) is 22.9. The van der Waals surface area contributed by atoms with E-state index in [9.17, 15) is 8.42 Å². The van der Waals surface area contributed by atoms with Gasteiger partial charge in [0.25, 0.3) is 10.2 Å². The molecule has 17 heavy (non-hydrogen) atoms. The van der Waals surface area contributed by atoms with Crippen LogP contribution in [0.25, 0.3) is 0 Å². The van der Waals surface area contributed by atoms with Crippen molar-refractivity contribution in [3.05, 3.63) is 0 Å². The maximum Gasteiger partial charge on any atom is 0.282 e. The van der Waals surface area contributed by atoms with Crippen LogP contribution in [0.2, 0.25) is 0 Å². The van der Waals surface area contributed by atoms with Gasteiger partial charge >= 0.3 is 0 Å². The Labute approximate surface area is 109 Å². The van der Waals surface area contributed by atoms with Crippen LogP contribution in [0, 0.1) is 0 Å². The smallest absolute Gasteiger partial charge is 0.282 e. The van der Waals surface area contributed by atoms with Gasteiger partial charge in [-0.3, -0.25) is 0 Å². The minimum absolute atomic E-state index is 0.278. The predicted molar refractivity (Wildman–Crippen MR) is 73.0 cm³/mol.